The first-order valence-electron chi connectivity index (χ1n) is 7.91. The summed E-state index contributed by atoms with van der Waals surface area (Å²) in [6, 6.07) is -0.0814. The van der Waals surface area contributed by atoms with Crippen molar-refractivity contribution in [2.24, 2.45) is 0 Å². The molecule has 0 spiro atoms. The monoisotopic (exact) mass is 268 g/mol. The van der Waals surface area contributed by atoms with Crippen molar-refractivity contribution < 1.29 is 9.90 Å². The molecule has 3 atom stereocenters. The van der Waals surface area contributed by atoms with Crippen LogP contribution in [0.1, 0.15) is 58.3 Å². The second kappa shape index (κ2) is 7.25. The van der Waals surface area contributed by atoms with Crippen molar-refractivity contribution in [2.75, 3.05) is 13.1 Å². The van der Waals surface area contributed by atoms with Crippen molar-refractivity contribution in [1.29, 1.82) is 0 Å². The summed E-state index contributed by atoms with van der Waals surface area (Å²) in [5.74, 6) is 0.205. The Hall–Kier alpha value is -0.610. The summed E-state index contributed by atoms with van der Waals surface area (Å²) in [4.78, 5) is 14.3. The topological polar surface area (TPSA) is 52.6 Å². The Morgan fingerprint density at radius 2 is 1.74 bits per heavy atom. The summed E-state index contributed by atoms with van der Waals surface area (Å²) in [6.07, 6.45) is 8.51. The van der Waals surface area contributed by atoms with Gasteiger partial charge in [-0.15, -0.1) is 0 Å². The van der Waals surface area contributed by atoms with Gasteiger partial charge in [0.15, 0.2) is 0 Å². The molecule has 1 saturated carbocycles. The lowest BCUT2D eigenvalue weighted by molar-refractivity contribution is -0.134. The molecule has 4 heteroatoms. The molecule has 3 unspecified atom stereocenters. The molecule has 1 aliphatic heterocycles. The summed E-state index contributed by atoms with van der Waals surface area (Å²) in [6.45, 7) is 3.74. The third-order valence-corrected chi connectivity index (χ3v) is 4.48. The predicted octanol–water partition coefficient (Wildman–Crippen LogP) is 1.67. The van der Waals surface area contributed by atoms with Gasteiger partial charge < -0.3 is 15.3 Å². The van der Waals surface area contributed by atoms with Crippen molar-refractivity contribution in [3.63, 3.8) is 0 Å². The van der Waals surface area contributed by atoms with Gasteiger partial charge in [-0.2, -0.15) is 0 Å². The molecule has 0 aromatic carbocycles. The Morgan fingerprint density at radius 3 is 2.47 bits per heavy atom. The Morgan fingerprint density at radius 1 is 1.11 bits per heavy atom. The molecule has 2 N–H and O–H groups in total. The van der Waals surface area contributed by atoms with E-state index in [0.717, 1.165) is 51.6 Å². The van der Waals surface area contributed by atoms with Gasteiger partial charge in [-0.25, -0.2) is 0 Å². The van der Waals surface area contributed by atoms with E-state index in [1.165, 1.54) is 12.8 Å². The fourth-order valence-electron chi connectivity index (χ4n) is 3.26. The molecule has 1 aliphatic carbocycles. The van der Waals surface area contributed by atoms with Crippen LogP contribution >= 0.6 is 0 Å². The number of aliphatic hydroxyl groups is 1. The molecule has 0 radical (unpaired) electrons. The third kappa shape index (κ3) is 4.18. The van der Waals surface area contributed by atoms with E-state index in [-0.39, 0.29) is 24.1 Å². The van der Waals surface area contributed by atoms with E-state index in [4.69, 9.17) is 0 Å². The minimum atomic E-state index is -0.292. The molecule has 19 heavy (non-hydrogen) atoms. The standard InChI is InChI=1S/C15H28N2O2/c1-12(15(19)17-10-6-3-7-11-17)16-13-8-4-2-5-9-14(13)18/h12-14,16,18H,2-11H2,1H3. The lowest BCUT2D eigenvalue weighted by Gasteiger charge is -2.32. The second-order valence-electron chi connectivity index (χ2n) is 6.09. The van der Waals surface area contributed by atoms with Crippen molar-refractivity contribution in [1.82, 2.24) is 10.2 Å². The second-order valence-corrected chi connectivity index (χ2v) is 6.09. The summed E-state index contributed by atoms with van der Waals surface area (Å²) in [7, 11) is 0. The number of nitrogens with zero attached hydrogens (tertiary/aromatic N) is 1. The fraction of sp³-hybridized carbons (Fsp3) is 0.933. The average molecular weight is 268 g/mol. The smallest absolute Gasteiger partial charge is 0.239 e. The van der Waals surface area contributed by atoms with E-state index in [0.29, 0.717) is 0 Å². The highest BCUT2D eigenvalue weighted by Gasteiger charge is 2.27. The summed E-state index contributed by atoms with van der Waals surface area (Å²) in [5.41, 5.74) is 0. The number of rotatable bonds is 3. The SMILES string of the molecule is CC(NC1CCCCCC1O)C(=O)N1CCCCC1. The number of aliphatic hydroxyl groups excluding tert-OH is 1. The Kier molecular flexibility index (Phi) is 5.64. The normalized spacial score (nSPS) is 30.7. The van der Waals surface area contributed by atoms with Crippen LogP contribution in [-0.2, 0) is 4.79 Å². The third-order valence-electron chi connectivity index (χ3n) is 4.48. The number of carbonyl (C=O) groups excluding carboxylic acids is 1. The summed E-state index contributed by atoms with van der Waals surface area (Å²) < 4.78 is 0. The lowest BCUT2D eigenvalue weighted by atomic mass is 10.0. The highest BCUT2D eigenvalue weighted by Crippen LogP contribution is 2.19. The van der Waals surface area contributed by atoms with Gasteiger partial charge in [-0.1, -0.05) is 19.3 Å². The maximum absolute atomic E-state index is 12.3. The predicted molar refractivity (Wildman–Crippen MR) is 75.9 cm³/mol. The number of carbonyl (C=O) groups is 1. The molecule has 1 saturated heterocycles. The summed E-state index contributed by atoms with van der Waals surface area (Å²) >= 11 is 0. The molecule has 1 heterocycles. The van der Waals surface area contributed by atoms with E-state index in [1.54, 1.807) is 0 Å². The first-order valence-corrected chi connectivity index (χ1v) is 7.91. The molecule has 2 rings (SSSR count). The van der Waals surface area contributed by atoms with Crippen LogP contribution in [0.15, 0.2) is 0 Å². The molecule has 110 valence electrons. The van der Waals surface area contributed by atoms with Crippen LogP contribution in [0.3, 0.4) is 0 Å². The lowest BCUT2D eigenvalue weighted by Crippen LogP contribution is -2.52. The number of amides is 1. The fourth-order valence-corrected chi connectivity index (χ4v) is 3.26. The van der Waals surface area contributed by atoms with Gasteiger partial charge >= 0.3 is 0 Å². The van der Waals surface area contributed by atoms with Crippen LogP contribution in [0.25, 0.3) is 0 Å². The van der Waals surface area contributed by atoms with Crippen molar-refractivity contribution >= 4 is 5.91 Å². The van der Waals surface area contributed by atoms with E-state index in [1.807, 2.05) is 11.8 Å². The highest BCUT2D eigenvalue weighted by molar-refractivity contribution is 5.81. The van der Waals surface area contributed by atoms with Gasteiger partial charge in [0.25, 0.3) is 0 Å². The molecular formula is C15H28N2O2. The zero-order chi connectivity index (χ0) is 13.7. The Balaban J connectivity index is 1.84. The van der Waals surface area contributed by atoms with Crippen LogP contribution in [0.4, 0.5) is 0 Å². The molecule has 2 aliphatic rings. The molecule has 0 aromatic rings. The van der Waals surface area contributed by atoms with Gasteiger partial charge in [0, 0.05) is 19.1 Å². The molecular weight excluding hydrogens is 240 g/mol. The average Bonchev–Trinajstić information content (AvgIpc) is 2.64. The maximum Gasteiger partial charge on any atom is 0.239 e. The zero-order valence-corrected chi connectivity index (χ0v) is 12.1. The molecule has 0 aromatic heterocycles. The molecule has 2 fully saturated rings. The quantitative estimate of drug-likeness (QED) is 0.766. The van der Waals surface area contributed by atoms with Crippen LogP contribution in [0.2, 0.25) is 0 Å². The highest BCUT2D eigenvalue weighted by atomic mass is 16.3. The van der Waals surface area contributed by atoms with Gasteiger partial charge in [0.05, 0.1) is 12.1 Å². The maximum atomic E-state index is 12.3. The largest absolute Gasteiger partial charge is 0.392 e. The zero-order valence-electron chi connectivity index (χ0n) is 12.1. The van der Waals surface area contributed by atoms with E-state index < -0.39 is 0 Å². The first-order chi connectivity index (χ1) is 9.18. The minimum Gasteiger partial charge on any atom is -0.392 e. The van der Waals surface area contributed by atoms with Crippen molar-refractivity contribution in [3.05, 3.63) is 0 Å². The van der Waals surface area contributed by atoms with Gasteiger partial charge in [0.2, 0.25) is 5.91 Å². The van der Waals surface area contributed by atoms with Crippen LogP contribution in [0, 0.1) is 0 Å². The van der Waals surface area contributed by atoms with Gasteiger partial charge in [0.1, 0.15) is 0 Å². The Labute approximate surface area is 116 Å². The number of likely N-dealkylation sites (tertiary alicyclic amines) is 1. The number of hydrogen-bond donors (Lipinski definition) is 2. The number of hydrogen-bond acceptors (Lipinski definition) is 3. The number of nitrogens with one attached hydrogen (secondary N) is 1. The molecule has 1 amide bonds. The van der Waals surface area contributed by atoms with Crippen LogP contribution in [-0.4, -0.2) is 47.2 Å². The summed E-state index contributed by atoms with van der Waals surface area (Å²) in [5, 5.41) is 13.5. The Bertz CT molecular complexity index is 290. The van der Waals surface area contributed by atoms with Crippen LogP contribution < -0.4 is 5.32 Å². The van der Waals surface area contributed by atoms with Gasteiger partial charge in [-0.05, 0) is 39.0 Å². The first kappa shape index (κ1) is 14.8. The van der Waals surface area contributed by atoms with Gasteiger partial charge in [-0.3, -0.25) is 4.79 Å². The molecule has 4 nitrogen and oxygen atoms in total. The van der Waals surface area contributed by atoms with Crippen molar-refractivity contribution in [2.45, 2.75) is 76.5 Å². The van der Waals surface area contributed by atoms with Crippen LogP contribution in [0.5, 0.6) is 0 Å². The van der Waals surface area contributed by atoms with E-state index >= 15 is 0 Å². The number of piperidine rings is 1. The van der Waals surface area contributed by atoms with E-state index in [2.05, 4.69) is 5.32 Å². The van der Waals surface area contributed by atoms with E-state index in [9.17, 15) is 9.90 Å². The minimum absolute atomic E-state index is 0.0891. The van der Waals surface area contributed by atoms with Crippen molar-refractivity contribution in [3.8, 4) is 0 Å². The molecule has 0 bridgehead atoms.